The summed E-state index contributed by atoms with van der Waals surface area (Å²) in [6.07, 6.45) is 1.25. The van der Waals surface area contributed by atoms with E-state index in [-0.39, 0.29) is 0 Å². The van der Waals surface area contributed by atoms with Gasteiger partial charge in [0, 0.05) is 19.4 Å². The largest absolute Gasteiger partial charge is 0.493 e. The van der Waals surface area contributed by atoms with Gasteiger partial charge in [-0.05, 0) is 12.1 Å². The second-order valence-corrected chi connectivity index (χ2v) is 3.55. The number of para-hydroxylation sites is 1. The maximum atomic E-state index is 5.53. The topological polar surface area (TPSA) is 74.2 Å². The lowest BCUT2D eigenvalue weighted by Crippen LogP contribution is -2.04. The minimum Gasteiger partial charge on any atom is -0.493 e. The molecule has 1 aromatic carbocycles. The molecule has 0 bridgehead atoms. The number of hydrogen-bond donors (Lipinski definition) is 1. The summed E-state index contributed by atoms with van der Waals surface area (Å²) in [6.45, 7) is 1.05. The van der Waals surface area contributed by atoms with Gasteiger partial charge in [0.15, 0.2) is 5.82 Å². The van der Waals surface area contributed by atoms with Crippen molar-refractivity contribution in [3.8, 4) is 5.75 Å². The molecule has 0 aliphatic heterocycles. The number of aromatic nitrogens is 2. The van der Waals surface area contributed by atoms with E-state index < -0.39 is 0 Å². The van der Waals surface area contributed by atoms with Gasteiger partial charge in [-0.25, -0.2) is 0 Å². The molecule has 0 saturated carbocycles. The fraction of sp³-hybridized carbons (Fsp3) is 0.333. The number of hydrogen-bond acceptors (Lipinski definition) is 5. The monoisotopic (exact) mass is 233 g/mol. The highest BCUT2D eigenvalue weighted by atomic mass is 16.5. The minimum absolute atomic E-state index is 0.516. The fourth-order valence-electron chi connectivity index (χ4n) is 1.39. The molecule has 0 saturated heterocycles. The summed E-state index contributed by atoms with van der Waals surface area (Å²) in [5, 5.41) is 3.84. The number of ether oxygens (including phenoxy) is 1. The van der Waals surface area contributed by atoms with Crippen LogP contribution in [0.4, 0.5) is 0 Å². The highest BCUT2D eigenvalue weighted by Gasteiger charge is 2.05. The van der Waals surface area contributed by atoms with Crippen LogP contribution in [0.15, 0.2) is 34.9 Å². The van der Waals surface area contributed by atoms with Crippen molar-refractivity contribution < 1.29 is 9.26 Å². The zero-order valence-corrected chi connectivity index (χ0v) is 9.50. The van der Waals surface area contributed by atoms with Crippen LogP contribution in [0.2, 0.25) is 0 Å². The second-order valence-electron chi connectivity index (χ2n) is 3.55. The summed E-state index contributed by atoms with van der Waals surface area (Å²) in [4.78, 5) is 4.19. The molecule has 1 aromatic heterocycles. The summed E-state index contributed by atoms with van der Waals surface area (Å²) < 4.78 is 10.5. The lowest BCUT2D eigenvalue weighted by atomic mass is 10.3. The zero-order chi connectivity index (χ0) is 11.9. The zero-order valence-electron chi connectivity index (χ0n) is 9.50. The van der Waals surface area contributed by atoms with Crippen LogP contribution in [-0.4, -0.2) is 23.3 Å². The van der Waals surface area contributed by atoms with Crippen LogP contribution in [0.3, 0.4) is 0 Å². The molecule has 0 fully saturated rings. The Balaban J connectivity index is 1.78. The Labute approximate surface area is 99.6 Å². The highest BCUT2D eigenvalue weighted by molar-refractivity contribution is 5.20. The predicted octanol–water partition coefficient (Wildman–Crippen LogP) is 1.19. The van der Waals surface area contributed by atoms with Gasteiger partial charge in [0.2, 0.25) is 5.89 Å². The van der Waals surface area contributed by atoms with Crippen molar-refractivity contribution in [3.63, 3.8) is 0 Å². The first kappa shape index (κ1) is 11.6. The van der Waals surface area contributed by atoms with E-state index in [4.69, 9.17) is 15.0 Å². The molecule has 5 heteroatoms. The molecule has 0 atom stereocenters. The summed E-state index contributed by atoms with van der Waals surface area (Å²) in [5.41, 5.74) is 5.39. The van der Waals surface area contributed by atoms with Gasteiger partial charge < -0.3 is 15.0 Å². The molecule has 0 amide bonds. The van der Waals surface area contributed by atoms with Gasteiger partial charge in [-0.2, -0.15) is 4.98 Å². The molecule has 90 valence electrons. The van der Waals surface area contributed by atoms with E-state index in [9.17, 15) is 0 Å². The molecule has 0 unspecified atom stereocenters. The summed E-state index contributed by atoms with van der Waals surface area (Å²) in [7, 11) is 0. The van der Waals surface area contributed by atoms with E-state index in [1.165, 1.54) is 0 Å². The van der Waals surface area contributed by atoms with Crippen LogP contribution in [0.5, 0.6) is 5.75 Å². The summed E-state index contributed by atoms with van der Waals surface area (Å²) in [6, 6.07) is 9.64. The molecular formula is C12H15N3O2. The lowest BCUT2D eigenvalue weighted by molar-refractivity contribution is 0.313. The molecule has 1 heterocycles. The van der Waals surface area contributed by atoms with Crippen LogP contribution in [-0.2, 0) is 12.8 Å². The Kier molecular flexibility index (Phi) is 4.10. The van der Waals surface area contributed by atoms with Crippen molar-refractivity contribution in [2.24, 2.45) is 5.73 Å². The van der Waals surface area contributed by atoms with E-state index in [0.717, 1.165) is 5.75 Å². The van der Waals surface area contributed by atoms with Crippen LogP contribution in [0.1, 0.15) is 11.7 Å². The number of rotatable bonds is 6. The first-order chi connectivity index (χ1) is 8.38. The third kappa shape index (κ3) is 3.57. The van der Waals surface area contributed by atoms with Crippen molar-refractivity contribution in [1.29, 1.82) is 0 Å². The molecule has 0 aliphatic carbocycles. The Morgan fingerprint density at radius 2 is 2.00 bits per heavy atom. The average molecular weight is 233 g/mol. The number of nitrogens with zero attached hydrogens (tertiary/aromatic N) is 2. The quantitative estimate of drug-likeness (QED) is 0.811. The molecule has 17 heavy (non-hydrogen) atoms. The third-order valence-electron chi connectivity index (χ3n) is 2.21. The van der Waals surface area contributed by atoms with E-state index in [0.29, 0.717) is 37.7 Å². The molecule has 0 aliphatic rings. The minimum atomic E-state index is 0.516. The molecule has 2 N–H and O–H groups in total. The van der Waals surface area contributed by atoms with Crippen LogP contribution in [0.25, 0.3) is 0 Å². The van der Waals surface area contributed by atoms with Crippen molar-refractivity contribution >= 4 is 0 Å². The van der Waals surface area contributed by atoms with Gasteiger partial charge >= 0.3 is 0 Å². The highest BCUT2D eigenvalue weighted by Crippen LogP contribution is 2.08. The van der Waals surface area contributed by atoms with Gasteiger partial charge in [0.05, 0.1) is 6.61 Å². The Morgan fingerprint density at radius 1 is 1.18 bits per heavy atom. The van der Waals surface area contributed by atoms with Crippen molar-refractivity contribution in [3.05, 3.63) is 42.0 Å². The van der Waals surface area contributed by atoms with Gasteiger partial charge in [-0.3, -0.25) is 0 Å². The van der Waals surface area contributed by atoms with Crippen LogP contribution >= 0.6 is 0 Å². The van der Waals surface area contributed by atoms with E-state index in [2.05, 4.69) is 10.1 Å². The molecule has 0 radical (unpaired) electrons. The summed E-state index contributed by atoms with van der Waals surface area (Å²) >= 11 is 0. The van der Waals surface area contributed by atoms with Crippen molar-refractivity contribution in [2.75, 3.05) is 13.2 Å². The first-order valence-corrected chi connectivity index (χ1v) is 5.58. The SMILES string of the molecule is NCCc1nc(CCOc2ccccc2)no1. The van der Waals surface area contributed by atoms with E-state index >= 15 is 0 Å². The van der Waals surface area contributed by atoms with Gasteiger partial charge in [0.25, 0.3) is 0 Å². The average Bonchev–Trinajstić information content (AvgIpc) is 2.79. The molecule has 5 nitrogen and oxygen atoms in total. The first-order valence-electron chi connectivity index (χ1n) is 5.58. The standard InChI is InChI=1S/C12H15N3O2/c13-8-6-12-14-11(15-17-12)7-9-16-10-4-2-1-3-5-10/h1-5H,6-9,13H2. The summed E-state index contributed by atoms with van der Waals surface area (Å²) in [5.74, 6) is 2.09. The predicted molar refractivity (Wildman–Crippen MR) is 62.7 cm³/mol. The van der Waals surface area contributed by atoms with Gasteiger partial charge in [0.1, 0.15) is 5.75 Å². The molecule has 2 rings (SSSR count). The van der Waals surface area contributed by atoms with E-state index in [1.807, 2.05) is 30.3 Å². The van der Waals surface area contributed by atoms with E-state index in [1.54, 1.807) is 0 Å². The smallest absolute Gasteiger partial charge is 0.227 e. The molecule has 2 aromatic rings. The normalized spacial score (nSPS) is 10.4. The Morgan fingerprint density at radius 3 is 2.76 bits per heavy atom. The Hall–Kier alpha value is -1.88. The molecular weight excluding hydrogens is 218 g/mol. The maximum absolute atomic E-state index is 5.53. The van der Waals surface area contributed by atoms with Crippen molar-refractivity contribution in [2.45, 2.75) is 12.8 Å². The van der Waals surface area contributed by atoms with Crippen LogP contribution in [0, 0.1) is 0 Å². The van der Waals surface area contributed by atoms with Gasteiger partial charge in [-0.1, -0.05) is 23.4 Å². The number of benzene rings is 1. The van der Waals surface area contributed by atoms with Crippen molar-refractivity contribution in [1.82, 2.24) is 10.1 Å². The third-order valence-corrected chi connectivity index (χ3v) is 2.21. The molecule has 0 spiro atoms. The number of nitrogens with two attached hydrogens (primary N) is 1. The van der Waals surface area contributed by atoms with Crippen LogP contribution < -0.4 is 10.5 Å². The van der Waals surface area contributed by atoms with Gasteiger partial charge in [-0.15, -0.1) is 0 Å². The fourth-order valence-corrected chi connectivity index (χ4v) is 1.39. The lowest BCUT2D eigenvalue weighted by Gasteiger charge is -2.02. The second kappa shape index (κ2) is 6.00. The Bertz CT molecular complexity index is 442. The maximum Gasteiger partial charge on any atom is 0.227 e.